The lowest BCUT2D eigenvalue weighted by Crippen LogP contribution is -2.02. The maximum atomic E-state index is 4.25. The number of hydrogen-bond donors (Lipinski definition) is 0. The van der Waals surface area contributed by atoms with Gasteiger partial charge in [-0.25, -0.2) is 9.97 Å². The molecule has 0 amide bonds. The zero-order chi connectivity index (χ0) is 13.4. The molecule has 96 valence electrons. The van der Waals surface area contributed by atoms with E-state index in [1.807, 2.05) is 33.5 Å². The Kier molecular flexibility index (Phi) is 2.28. The zero-order valence-electron chi connectivity index (χ0n) is 10.3. The van der Waals surface area contributed by atoms with Crippen molar-refractivity contribution in [1.29, 1.82) is 0 Å². The van der Waals surface area contributed by atoms with Crippen LogP contribution >= 0.6 is 0 Å². The molecule has 4 heterocycles. The van der Waals surface area contributed by atoms with Crippen LogP contribution in [0.3, 0.4) is 0 Å². The largest absolute Gasteiger partial charge is 0.282 e. The van der Waals surface area contributed by atoms with Crippen molar-refractivity contribution in [2.45, 2.75) is 0 Å². The van der Waals surface area contributed by atoms with E-state index in [0.29, 0.717) is 11.6 Å². The molecule has 0 aromatic carbocycles. The molecule has 0 radical (unpaired) electrons. The van der Waals surface area contributed by atoms with Crippen molar-refractivity contribution in [3.05, 3.63) is 55.4 Å². The van der Waals surface area contributed by atoms with Crippen molar-refractivity contribution < 1.29 is 0 Å². The molecule has 0 aliphatic heterocycles. The first-order chi connectivity index (χ1) is 9.93. The second-order valence-electron chi connectivity index (χ2n) is 4.14. The quantitative estimate of drug-likeness (QED) is 0.546. The van der Waals surface area contributed by atoms with Crippen molar-refractivity contribution in [1.82, 2.24) is 34.1 Å². The second kappa shape index (κ2) is 4.23. The van der Waals surface area contributed by atoms with Gasteiger partial charge in [-0.2, -0.15) is 0 Å². The van der Waals surface area contributed by atoms with Gasteiger partial charge in [0.2, 0.25) is 5.95 Å². The smallest absolute Gasteiger partial charge is 0.234 e. The van der Waals surface area contributed by atoms with Gasteiger partial charge in [0.25, 0.3) is 0 Å². The van der Waals surface area contributed by atoms with E-state index < -0.39 is 0 Å². The standard InChI is InChI=1S/C13H9N7/c1-3-10(19(7-1)13-15-4-2-5-16-13)12-18-17-11-9-14-6-8-20(11)12/h1-9H. The van der Waals surface area contributed by atoms with E-state index in [-0.39, 0.29) is 0 Å². The van der Waals surface area contributed by atoms with E-state index in [1.165, 1.54) is 0 Å². The fraction of sp³-hybridized carbons (Fsp3) is 0. The molecule has 7 nitrogen and oxygen atoms in total. The minimum absolute atomic E-state index is 0.596. The fourth-order valence-corrected chi connectivity index (χ4v) is 2.08. The Bertz CT molecular complexity index is 862. The van der Waals surface area contributed by atoms with Gasteiger partial charge >= 0.3 is 0 Å². The highest BCUT2D eigenvalue weighted by atomic mass is 15.3. The van der Waals surface area contributed by atoms with Crippen molar-refractivity contribution in [2.75, 3.05) is 0 Å². The molecule has 4 aromatic rings. The molecule has 0 fully saturated rings. The zero-order valence-corrected chi connectivity index (χ0v) is 10.3. The first-order valence-corrected chi connectivity index (χ1v) is 6.03. The van der Waals surface area contributed by atoms with Gasteiger partial charge in [0.15, 0.2) is 11.5 Å². The molecule has 0 unspecified atom stereocenters. The van der Waals surface area contributed by atoms with Gasteiger partial charge in [-0.15, -0.1) is 10.2 Å². The highest BCUT2D eigenvalue weighted by Crippen LogP contribution is 2.20. The van der Waals surface area contributed by atoms with Crippen molar-refractivity contribution in [2.24, 2.45) is 0 Å². The first kappa shape index (κ1) is 10.8. The van der Waals surface area contributed by atoms with Crippen molar-refractivity contribution >= 4 is 5.65 Å². The normalized spacial score (nSPS) is 11.0. The molecular formula is C13H9N7. The molecule has 20 heavy (non-hydrogen) atoms. The van der Waals surface area contributed by atoms with Crippen molar-refractivity contribution in [3.63, 3.8) is 0 Å². The SMILES string of the molecule is c1cnc(-n2cccc2-c2nnc3cnccn23)nc1. The maximum Gasteiger partial charge on any atom is 0.234 e. The van der Waals surface area contributed by atoms with Gasteiger partial charge in [0.1, 0.15) is 0 Å². The number of nitrogens with zero attached hydrogens (tertiary/aromatic N) is 7. The van der Waals surface area contributed by atoms with E-state index in [1.54, 1.807) is 30.9 Å². The average Bonchev–Trinajstić information content (AvgIpc) is 3.14. The molecule has 0 atom stereocenters. The topological polar surface area (TPSA) is 73.8 Å². The highest BCUT2D eigenvalue weighted by Gasteiger charge is 2.13. The second-order valence-corrected chi connectivity index (χ2v) is 4.14. The Morgan fingerprint density at radius 3 is 2.70 bits per heavy atom. The van der Waals surface area contributed by atoms with Crippen LogP contribution in [0.1, 0.15) is 0 Å². The van der Waals surface area contributed by atoms with Gasteiger partial charge < -0.3 is 0 Å². The van der Waals surface area contributed by atoms with Crippen LogP contribution in [0.4, 0.5) is 0 Å². The molecule has 0 saturated heterocycles. The first-order valence-electron chi connectivity index (χ1n) is 6.03. The third kappa shape index (κ3) is 1.57. The highest BCUT2D eigenvalue weighted by molar-refractivity contribution is 5.57. The molecule has 0 bridgehead atoms. The van der Waals surface area contributed by atoms with E-state index in [2.05, 4.69) is 25.1 Å². The summed E-state index contributed by atoms with van der Waals surface area (Å²) in [6.07, 6.45) is 10.5. The average molecular weight is 263 g/mol. The molecule has 4 rings (SSSR count). The van der Waals surface area contributed by atoms with Crippen LogP contribution in [0.2, 0.25) is 0 Å². The number of hydrogen-bond acceptors (Lipinski definition) is 5. The van der Waals surface area contributed by atoms with E-state index in [4.69, 9.17) is 0 Å². The Labute approximate surface area is 113 Å². The van der Waals surface area contributed by atoms with E-state index in [9.17, 15) is 0 Å². The number of rotatable bonds is 2. The molecule has 4 aromatic heterocycles. The summed E-state index contributed by atoms with van der Waals surface area (Å²) >= 11 is 0. The van der Waals surface area contributed by atoms with Crippen LogP contribution in [-0.4, -0.2) is 34.1 Å². The Balaban J connectivity index is 1.94. The Morgan fingerprint density at radius 2 is 1.80 bits per heavy atom. The summed E-state index contributed by atoms with van der Waals surface area (Å²) < 4.78 is 3.75. The van der Waals surface area contributed by atoms with E-state index >= 15 is 0 Å². The summed E-state index contributed by atoms with van der Waals surface area (Å²) in [5.74, 6) is 1.32. The predicted molar refractivity (Wildman–Crippen MR) is 71.1 cm³/mol. The minimum Gasteiger partial charge on any atom is -0.282 e. The third-order valence-corrected chi connectivity index (χ3v) is 2.96. The lowest BCUT2D eigenvalue weighted by Gasteiger charge is -2.05. The molecule has 0 N–H and O–H groups in total. The summed E-state index contributed by atoms with van der Waals surface area (Å²) in [6.45, 7) is 0. The molecular weight excluding hydrogens is 254 g/mol. The van der Waals surface area contributed by atoms with Gasteiger partial charge in [-0.1, -0.05) is 0 Å². The van der Waals surface area contributed by atoms with Crippen molar-refractivity contribution in [3.8, 4) is 17.5 Å². The molecule has 7 heteroatoms. The summed E-state index contributed by atoms with van der Waals surface area (Å²) in [6, 6.07) is 5.66. The maximum absolute atomic E-state index is 4.25. The third-order valence-electron chi connectivity index (χ3n) is 2.96. The van der Waals surface area contributed by atoms with E-state index in [0.717, 1.165) is 11.5 Å². The van der Waals surface area contributed by atoms with Crippen LogP contribution in [0, 0.1) is 0 Å². The Hall–Kier alpha value is -3.09. The van der Waals surface area contributed by atoms with Gasteiger partial charge in [0, 0.05) is 31.0 Å². The minimum atomic E-state index is 0.596. The van der Waals surface area contributed by atoms with Gasteiger partial charge in [-0.05, 0) is 18.2 Å². The van der Waals surface area contributed by atoms with Gasteiger partial charge in [0.05, 0.1) is 11.9 Å². The number of fused-ring (bicyclic) bond motifs is 1. The molecule has 0 saturated carbocycles. The molecule has 0 aliphatic carbocycles. The van der Waals surface area contributed by atoms with Crippen LogP contribution in [0.25, 0.3) is 23.1 Å². The van der Waals surface area contributed by atoms with Crippen LogP contribution in [-0.2, 0) is 0 Å². The lowest BCUT2D eigenvalue weighted by atomic mass is 10.4. The van der Waals surface area contributed by atoms with Gasteiger partial charge in [-0.3, -0.25) is 14.0 Å². The summed E-state index contributed by atoms with van der Waals surface area (Å²) in [5.41, 5.74) is 1.57. The molecule has 0 spiro atoms. The number of aromatic nitrogens is 7. The fourth-order valence-electron chi connectivity index (χ4n) is 2.08. The lowest BCUT2D eigenvalue weighted by molar-refractivity contribution is 0.925. The monoisotopic (exact) mass is 263 g/mol. The van der Waals surface area contributed by atoms with Crippen LogP contribution in [0.15, 0.2) is 55.4 Å². The summed E-state index contributed by atoms with van der Waals surface area (Å²) in [4.78, 5) is 12.5. The summed E-state index contributed by atoms with van der Waals surface area (Å²) in [7, 11) is 0. The van der Waals surface area contributed by atoms with Crippen LogP contribution in [0.5, 0.6) is 0 Å². The summed E-state index contributed by atoms with van der Waals surface area (Å²) in [5, 5.41) is 8.33. The molecule has 0 aliphatic rings. The van der Waals surface area contributed by atoms with Crippen LogP contribution < -0.4 is 0 Å². The Morgan fingerprint density at radius 1 is 0.900 bits per heavy atom. The predicted octanol–water partition coefficient (Wildman–Crippen LogP) is 1.37.